The van der Waals surface area contributed by atoms with Crippen molar-refractivity contribution in [2.75, 3.05) is 5.32 Å². The molecule has 24 heavy (non-hydrogen) atoms. The van der Waals surface area contributed by atoms with E-state index in [-0.39, 0.29) is 6.04 Å². The number of nitrogens with one attached hydrogen (secondary N) is 1. The Morgan fingerprint density at radius 2 is 1.88 bits per heavy atom. The molecule has 4 aromatic rings. The fraction of sp³-hybridized carbons (Fsp3) is 0.188. The Labute approximate surface area is 138 Å². The van der Waals surface area contributed by atoms with Crippen molar-refractivity contribution in [3.8, 4) is 5.69 Å². The highest BCUT2D eigenvalue weighted by molar-refractivity contribution is 5.86. The van der Waals surface area contributed by atoms with Gasteiger partial charge in [-0.25, -0.2) is 19.6 Å². The molecule has 0 unspecified atom stereocenters. The average molecular weight is 320 g/mol. The van der Waals surface area contributed by atoms with Crippen LogP contribution in [0.25, 0.3) is 16.7 Å². The molecule has 0 spiro atoms. The van der Waals surface area contributed by atoms with Gasteiger partial charge in [-0.05, 0) is 24.6 Å². The van der Waals surface area contributed by atoms with Crippen LogP contribution in [0.15, 0.2) is 49.4 Å². The van der Waals surface area contributed by atoms with Gasteiger partial charge in [0.05, 0.1) is 17.3 Å². The van der Waals surface area contributed by atoms with E-state index in [2.05, 4.69) is 49.5 Å². The normalized spacial score (nSPS) is 12.4. The van der Waals surface area contributed by atoms with Crippen LogP contribution in [0.2, 0.25) is 0 Å². The van der Waals surface area contributed by atoms with Gasteiger partial charge in [-0.15, -0.1) is 0 Å². The molecule has 0 amide bonds. The van der Waals surface area contributed by atoms with Crippen LogP contribution < -0.4 is 5.32 Å². The van der Waals surface area contributed by atoms with Crippen molar-refractivity contribution in [2.45, 2.75) is 13.0 Å². The molecule has 8 nitrogen and oxygen atoms in total. The number of hydrogen-bond donors (Lipinski definition) is 1. The van der Waals surface area contributed by atoms with E-state index in [1.165, 1.54) is 6.33 Å². The molecule has 0 aliphatic rings. The van der Waals surface area contributed by atoms with Gasteiger partial charge in [-0.2, -0.15) is 10.2 Å². The molecule has 0 saturated carbocycles. The summed E-state index contributed by atoms with van der Waals surface area (Å²) in [5, 5.41) is 12.7. The Morgan fingerprint density at radius 1 is 1.04 bits per heavy atom. The second-order valence-corrected chi connectivity index (χ2v) is 5.53. The number of hydrogen-bond acceptors (Lipinski definition) is 6. The molecular formula is C16H16N8. The summed E-state index contributed by atoms with van der Waals surface area (Å²) < 4.78 is 3.46. The van der Waals surface area contributed by atoms with Gasteiger partial charge in [0.2, 0.25) is 0 Å². The quantitative estimate of drug-likeness (QED) is 0.620. The molecule has 8 heteroatoms. The van der Waals surface area contributed by atoms with Crippen LogP contribution in [0.4, 0.5) is 5.82 Å². The van der Waals surface area contributed by atoms with E-state index in [1.807, 2.05) is 19.2 Å². The lowest BCUT2D eigenvalue weighted by atomic mass is 10.1. The number of nitrogens with zero attached hydrogens (tertiary/aromatic N) is 7. The smallest absolute Gasteiger partial charge is 0.163 e. The zero-order chi connectivity index (χ0) is 16.5. The van der Waals surface area contributed by atoms with E-state index in [0.29, 0.717) is 0 Å². The van der Waals surface area contributed by atoms with E-state index in [0.717, 1.165) is 28.1 Å². The summed E-state index contributed by atoms with van der Waals surface area (Å²) in [6.45, 7) is 2.09. The second kappa shape index (κ2) is 5.73. The maximum absolute atomic E-state index is 4.35. The van der Waals surface area contributed by atoms with E-state index in [1.54, 1.807) is 28.2 Å². The van der Waals surface area contributed by atoms with Gasteiger partial charge in [0.25, 0.3) is 0 Å². The Hall–Kier alpha value is -3.29. The summed E-state index contributed by atoms with van der Waals surface area (Å²) in [6.07, 6.45) is 6.52. The fourth-order valence-corrected chi connectivity index (χ4v) is 2.62. The summed E-state index contributed by atoms with van der Waals surface area (Å²) >= 11 is 0. The molecule has 0 radical (unpaired) electrons. The third-order valence-electron chi connectivity index (χ3n) is 3.96. The minimum Gasteiger partial charge on any atom is -0.363 e. The lowest BCUT2D eigenvalue weighted by Gasteiger charge is -2.15. The first kappa shape index (κ1) is 14.3. The molecule has 1 aromatic carbocycles. The number of aryl methyl sites for hydroxylation is 1. The Morgan fingerprint density at radius 3 is 2.62 bits per heavy atom. The minimum absolute atomic E-state index is 0.0908. The highest BCUT2D eigenvalue weighted by Gasteiger charge is 2.11. The second-order valence-electron chi connectivity index (χ2n) is 5.53. The van der Waals surface area contributed by atoms with Gasteiger partial charge in [-0.3, -0.25) is 4.68 Å². The zero-order valence-corrected chi connectivity index (χ0v) is 13.3. The molecule has 1 atom stereocenters. The Kier molecular flexibility index (Phi) is 3.42. The first-order chi connectivity index (χ1) is 11.7. The van der Waals surface area contributed by atoms with E-state index in [9.17, 15) is 0 Å². The summed E-state index contributed by atoms with van der Waals surface area (Å²) in [7, 11) is 1.87. The molecule has 1 N–H and O–H groups in total. The first-order valence-electron chi connectivity index (χ1n) is 7.56. The number of benzene rings is 1. The van der Waals surface area contributed by atoms with E-state index < -0.39 is 0 Å². The molecule has 4 rings (SSSR count). The topological polar surface area (TPSA) is 86.3 Å². The van der Waals surface area contributed by atoms with Crippen molar-refractivity contribution in [3.05, 3.63) is 55.0 Å². The molecule has 0 aliphatic carbocycles. The molecular weight excluding hydrogens is 304 g/mol. The molecule has 0 fully saturated rings. The predicted octanol–water partition coefficient (Wildman–Crippen LogP) is 2.12. The van der Waals surface area contributed by atoms with Gasteiger partial charge in [0.1, 0.15) is 24.8 Å². The number of fused-ring (bicyclic) bond motifs is 1. The fourth-order valence-electron chi connectivity index (χ4n) is 2.62. The van der Waals surface area contributed by atoms with Gasteiger partial charge in [0.15, 0.2) is 5.65 Å². The van der Waals surface area contributed by atoms with Crippen LogP contribution in [0, 0.1) is 0 Å². The highest BCUT2D eigenvalue weighted by atomic mass is 15.3. The average Bonchev–Trinajstić information content (AvgIpc) is 3.26. The van der Waals surface area contributed by atoms with Gasteiger partial charge >= 0.3 is 0 Å². The molecule has 0 bridgehead atoms. The Bertz CT molecular complexity index is 956. The van der Waals surface area contributed by atoms with Gasteiger partial charge < -0.3 is 5.32 Å². The third kappa shape index (κ3) is 2.47. The zero-order valence-electron chi connectivity index (χ0n) is 13.3. The number of anilines is 1. The molecule has 3 heterocycles. The first-order valence-corrected chi connectivity index (χ1v) is 7.56. The molecule has 0 aliphatic heterocycles. The molecule has 3 aromatic heterocycles. The maximum Gasteiger partial charge on any atom is 0.163 e. The summed E-state index contributed by atoms with van der Waals surface area (Å²) in [5.41, 5.74) is 2.93. The number of aromatic nitrogens is 7. The van der Waals surface area contributed by atoms with Crippen molar-refractivity contribution >= 4 is 16.9 Å². The molecule has 0 saturated heterocycles. The predicted molar refractivity (Wildman–Crippen MR) is 89.7 cm³/mol. The van der Waals surface area contributed by atoms with E-state index in [4.69, 9.17) is 0 Å². The lowest BCUT2D eigenvalue weighted by molar-refractivity contribution is 0.785. The maximum atomic E-state index is 4.35. The highest BCUT2D eigenvalue weighted by Crippen LogP contribution is 2.24. The van der Waals surface area contributed by atoms with E-state index >= 15 is 0 Å². The van der Waals surface area contributed by atoms with Crippen molar-refractivity contribution in [1.29, 1.82) is 0 Å². The lowest BCUT2D eigenvalue weighted by Crippen LogP contribution is -2.09. The largest absolute Gasteiger partial charge is 0.363 e. The van der Waals surface area contributed by atoms with Crippen LogP contribution in [0.1, 0.15) is 18.5 Å². The summed E-state index contributed by atoms with van der Waals surface area (Å²) in [4.78, 5) is 12.6. The van der Waals surface area contributed by atoms with Crippen LogP contribution in [-0.2, 0) is 7.05 Å². The standard InChI is InChI=1S/C16H16N8/c1-11(12-3-5-13(6-4-12)24-10-17-8-21-24)22-15-14-7-20-23(2)16(14)19-9-18-15/h3-11H,1-2H3,(H,18,19,22)/t11-/m1/s1. The van der Waals surface area contributed by atoms with Gasteiger partial charge in [-0.1, -0.05) is 12.1 Å². The van der Waals surface area contributed by atoms with Crippen molar-refractivity contribution in [2.24, 2.45) is 7.05 Å². The Balaban J connectivity index is 1.58. The van der Waals surface area contributed by atoms with Crippen molar-refractivity contribution in [3.63, 3.8) is 0 Å². The monoisotopic (exact) mass is 320 g/mol. The van der Waals surface area contributed by atoms with Crippen molar-refractivity contribution in [1.82, 2.24) is 34.5 Å². The summed E-state index contributed by atoms with van der Waals surface area (Å²) in [5.74, 6) is 0.779. The van der Waals surface area contributed by atoms with Crippen LogP contribution in [-0.4, -0.2) is 34.5 Å². The molecule has 120 valence electrons. The number of rotatable bonds is 4. The minimum atomic E-state index is 0.0908. The van der Waals surface area contributed by atoms with Crippen LogP contribution in [0.3, 0.4) is 0 Å². The third-order valence-corrected chi connectivity index (χ3v) is 3.96. The van der Waals surface area contributed by atoms with Gasteiger partial charge in [0, 0.05) is 13.1 Å². The SMILES string of the molecule is C[C@@H](Nc1ncnc2c1cnn2C)c1ccc(-n2cncn2)cc1. The van der Waals surface area contributed by atoms with Crippen LogP contribution in [0.5, 0.6) is 0 Å². The summed E-state index contributed by atoms with van der Waals surface area (Å²) in [6, 6.07) is 8.25. The van der Waals surface area contributed by atoms with Crippen LogP contribution >= 0.6 is 0 Å². The van der Waals surface area contributed by atoms with Crippen molar-refractivity contribution < 1.29 is 0 Å².